The van der Waals surface area contributed by atoms with E-state index in [1.807, 2.05) is 6.92 Å². The number of H-pyrrole nitrogens is 1. The van der Waals surface area contributed by atoms with Crippen LogP contribution in [-0.2, 0) is 0 Å². The van der Waals surface area contributed by atoms with E-state index in [2.05, 4.69) is 10.4 Å². The van der Waals surface area contributed by atoms with Crippen LogP contribution >= 0.6 is 24.0 Å². The molecule has 15 heavy (non-hydrogen) atoms. The molecule has 0 atom stereocenters. The van der Waals surface area contributed by atoms with Crippen molar-refractivity contribution in [2.75, 3.05) is 11.2 Å². The van der Waals surface area contributed by atoms with Gasteiger partial charge in [0, 0.05) is 18.0 Å². The number of hydrogen-bond acceptors (Lipinski definition) is 4. The molecule has 0 aliphatic heterocycles. The molecular weight excluding hydrogens is 234 g/mol. The van der Waals surface area contributed by atoms with Crippen LogP contribution in [0.5, 0.6) is 0 Å². The summed E-state index contributed by atoms with van der Waals surface area (Å²) in [4.78, 5) is 24.1. The molecule has 0 saturated heterocycles. The number of aromatic nitrogens is 2. The maximum Gasteiger partial charge on any atom is 0.347 e. The second kappa shape index (κ2) is 5.72. The van der Waals surface area contributed by atoms with Gasteiger partial charge in [0.05, 0.1) is 0 Å². The summed E-state index contributed by atoms with van der Waals surface area (Å²) in [6.07, 6.45) is 2.35. The monoisotopic (exact) mass is 245 g/mol. The van der Waals surface area contributed by atoms with E-state index in [0.29, 0.717) is 4.32 Å². The molecule has 7 heteroatoms. The summed E-state index contributed by atoms with van der Waals surface area (Å²) in [6, 6.07) is 1.25. The number of thiocarbonyl (C=S) groups is 1. The predicted molar refractivity (Wildman–Crippen MR) is 66.0 cm³/mol. The quantitative estimate of drug-likeness (QED) is 0.759. The van der Waals surface area contributed by atoms with Crippen LogP contribution in [-0.4, -0.2) is 19.7 Å². The Morgan fingerprint density at radius 1 is 1.67 bits per heavy atom. The predicted octanol–water partition coefficient (Wildman–Crippen LogP) is 0.508. The Morgan fingerprint density at radius 2 is 2.40 bits per heavy atom. The summed E-state index contributed by atoms with van der Waals surface area (Å²) in [7, 11) is 0. The van der Waals surface area contributed by atoms with Crippen LogP contribution < -0.4 is 16.7 Å². The first-order chi connectivity index (χ1) is 7.13. The minimum atomic E-state index is -0.526. The Morgan fingerprint density at radius 3 is 3.00 bits per heavy atom. The van der Waals surface area contributed by atoms with E-state index < -0.39 is 11.2 Å². The van der Waals surface area contributed by atoms with Crippen LogP contribution in [0.25, 0.3) is 0 Å². The number of rotatable bonds is 3. The van der Waals surface area contributed by atoms with E-state index in [1.54, 1.807) is 0 Å². The Balaban J connectivity index is 2.69. The number of nitrogens with one attached hydrogen (secondary N) is 2. The lowest BCUT2D eigenvalue weighted by atomic mass is 10.6. The second-order valence-electron chi connectivity index (χ2n) is 2.73. The molecule has 0 amide bonds. The van der Waals surface area contributed by atoms with Crippen LogP contribution in [0.4, 0.5) is 0 Å². The van der Waals surface area contributed by atoms with Crippen molar-refractivity contribution in [1.29, 1.82) is 0 Å². The first-order valence-corrected chi connectivity index (χ1v) is 5.78. The molecule has 0 aromatic carbocycles. The number of thioether (sulfide) groups is 1. The Bertz CT molecular complexity index is 452. The third kappa shape index (κ3) is 3.88. The SMILES string of the molecule is CCCSC(=S)Nn1ccc(=O)[nH]c1=O. The molecule has 0 unspecified atom stereocenters. The van der Waals surface area contributed by atoms with Crippen LogP contribution in [0.15, 0.2) is 21.9 Å². The van der Waals surface area contributed by atoms with Gasteiger partial charge in [-0.2, -0.15) is 0 Å². The first kappa shape index (κ1) is 12.0. The van der Waals surface area contributed by atoms with E-state index in [4.69, 9.17) is 12.2 Å². The maximum atomic E-state index is 11.2. The van der Waals surface area contributed by atoms with Gasteiger partial charge in [0.25, 0.3) is 5.56 Å². The van der Waals surface area contributed by atoms with Crippen molar-refractivity contribution in [2.24, 2.45) is 0 Å². The van der Waals surface area contributed by atoms with E-state index in [-0.39, 0.29) is 0 Å². The lowest BCUT2D eigenvalue weighted by Gasteiger charge is -2.07. The topological polar surface area (TPSA) is 66.9 Å². The van der Waals surface area contributed by atoms with Crippen molar-refractivity contribution in [3.63, 3.8) is 0 Å². The van der Waals surface area contributed by atoms with E-state index in [9.17, 15) is 9.59 Å². The molecule has 0 bridgehead atoms. The molecule has 1 aromatic heterocycles. The van der Waals surface area contributed by atoms with Crippen molar-refractivity contribution >= 4 is 28.3 Å². The molecule has 2 N–H and O–H groups in total. The van der Waals surface area contributed by atoms with Gasteiger partial charge in [-0.25, -0.2) is 9.47 Å². The van der Waals surface area contributed by atoms with Crippen LogP contribution in [0.1, 0.15) is 13.3 Å². The molecule has 1 rings (SSSR count). The lowest BCUT2D eigenvalue weighted by molar-refractivity contribution is 0.847. The molecule has 5 nitrogen and oxygen atoms in total. The van der Waals surface area contributed by atoms with Gasteiger partial charge in [-0.1, -0.05) is 30.9 Å². The third-order valence-electron chi connectivity index (χ3n) is 1.47. The first-order valence-electron chi connectivity index (χ1n) is 4.39. The van der Waals surface area contributed by atoms with Gasteiger partial charge >= 0.3 is 5.69 Å². The average Bonchev–Trinajstić information content (AvgIpc) is 2.19. The Hall–Kier alpha value is -1.08. The summed E-state index contributed by atoms with van der Waals surface area (Å²) in [5, 5.41) is 0. The molecule has 0 fully saturated rings. The number of aromatic amines is 1. The molecule has 0 radical (unpaired) electrons. The lowest BCUT2D eigenvalue weighted by Crippen LogP contribution is -2.35. The second-order valence-corrected chi connectivity index (χ2v) is 4.50. The molecule has 1 aromatic rings. The van der Waals surface area contributed by atoms with Crippen LogP contribution in [0.3, 0.4) is 0 Å². The van der Waals surface area contributed by atoms with Gasteiger partial charge in [-0.3, -0.25) is 15.2 Å². The minimum Gasteiger partial charge on any atom is -0.275 e. The summed E-state index contributed by atoms with van der Waals surface area (Å²) in [5.74, 6) is 0.893. The van der Waals surface area contributed by atoms with Crippen molar-refractivity contribution in [2.45, 2.75) is 13.3 Å². The van der Waals surface area contributed by atoms with Crippen molar-refractivity contribution < 1.29 is 0 Å². The summed E-state index contributed by atoms with van der Waals surface area (Å²) in [5.41, 5.74) is 1.75. The number of nitrogens with zero attached hydrogens (tertiary/aromatic N) is 1. The third-order valence-corrected chi connectivity index (χ3v) is 2.88. The van der Waals surface area contributed by atoms with Crippen molar-refractivity contribution in [1.82, 2.24) is 9.66 Å². The molecule has 0 aliphatic carbocycles. The van der Waals surface area contributed by atoms with Gasteiger partial charge in [0.15, 0.2) is 4.32 Å². The largest absolute Gasteiger partial charge is 0.347 e. The van der Waals surface area contributed by atoms with Crippen LogP contribution in [0.2, 0.25) is 0 Å². The molecule has 1 heterocycles. The molecular formula is C8H11N3O2S2. The zero-order chi connectivity index (χ0) is 11.3. The Kier molecular flexibility index (Phi) is 4.57. The highest BCUT2D eigenvalue weighted by molar-refractivity contribution is 8.23. The average molecular weight is 245 g/mol. The van der Waals surface area contributed by atoms with Gasteiger partial charge < -0.3 is 0 Å². The van der Waals surface area contributed by atoms with E-state index >= 15 is 0 Å². The highest BCUT2D eigenvalue weighted by atomic mass is 32.2. The molecule has 82 valence electrons. The normalized spacial score (nSPS) is 9.93. The molecule has 0 spiro atoms. The van der Waals surface area contributed by atoms with Crippen LogP contribution in [0, 0.1) is 0 Å². The zero-order valence-corrected chi connectivity index (χ0v) is 9.78. The number of hydrogen-bond donors (Lipinski definition) is 2. The van der Waals surface area contributed by atoms with Gasteiger partial charge in [0.2, 0.25) is 0 Å². The Labute approximate surface area is 95.9 Å². The van der Waals surface area contributed by atoms with Crippen molar-refractivity contribution in [3.05, 3.63) is 33.1 Å². The van der Waals surface area contributed by atoms with Gasteiger partial charge in [-0.15, -0.1) is 0 Å². The summed E-state index contributed by atoms with van der Waals surface area (Å²) in [6.45, 7) is 2.04. The zero-order valence-electron chi connectivity index (χ0n) is 8.15. The standard InChI is InChI=1S/C8H11N3O2S2/c1-2-5-15-8(14)10-11-4-3-6(12)9-7(11)13/h3-4H,2,5H2,1H3,(H,10,14)(H,9,12,13). The maximum absolute atomic E-state index is 11.2. The van der Waals surface area contributed by atoms with E-state index in [0.717, 1.165) is 16.8 Å². The minimum absolute atomic E-state index is 0.426. The van der Waals surface area contributed by atoms with Gasteiger partial charge in [-0.05, 0) is 6.42 Å². The fraction of sp³-hybridized carbons (Fsp3) is 0.375. The van der Waals surface area contributed by atoms with E-state index in [1.165, 1.54) is 24.0 Å². The highest BCUT2D eigenvalue weighted by Crippen LogP contribution is 2.03. The summed E-state index contributed by atoms with van der Waals surface area (Å²) >= 11 is 6.45. The molecule has 0 saturated carbocycles. The fourth-order valence-corrected chi connectivity index (χ4v) is 1.73. The fourth-order valence-electron chi connectivity index (χ4n) is 0.831. The smallest absolute Gasteiger partial charge is 0.275 e. The molecule has 0 aliphatic rings. The van der Waals surface area contributed by atoms with Crippen molar-refractivity contribution in [3.8, 4) is 0 Å². The summed E-state index contributed by atoms with van der Waals surface area (Å²) < 4.78 is 1.65. The van der Waals surface area contributed by atoms with Gasteiger partial charge in [0.1, 0.15) is 0 Å². The highest BCUT2D eigenvalue weighted by Gasteiger charge is 1.99.